The molecule has 0 unspecified atom stereocenters. The first-order chi connectivity index (χ1) is 14.4. The van der Waals surface area contributed by atoms with Crippen LogP contribution in [0.5, 0.6) is 11.5 Å². The van der Waals surface area contributed by atoms with Gasteiger partial charge in [0, 0.05) is 17.4 Å². The highest BCUT2D eigenvalue weighted by atomic mass is 32.2. The standard InChI is InChI=1S/C21H22N2O5S2/c1-27-16-7-5-15(6-8-16)19-14-29-21(22-19)23-20(24)4-3-13-30(25,26)18-11-9-17(28-2)10-12-18/h5-12,14H,3-4,13H2,1-2H3,(H,22,23,24). The Morgan fingerprint density at radius 1 is 1.00 bits per heavy atom. The van der Waals surface area contributed by atoms with Crippen LogP contribution >= 0.6 is 11.3 Å². The Kier molecular flexibility index (Phi) is 7.07. The summed E-state index contributed by atoms with van der Waals surface area (Å²) in [6, 6.07) is 13.7. The van der Waals surface area contributed by atoms with E-state index >= 15 is 0 Å². The molecular weight excluding hydrogens is 424 g/mol. The molecule has 3 rings (SSSR count). The van der Waals surface area contributed by atoms with Crippen LogP contribution in [-0.2, 0) is 14.6 Å². The Balaban J connectivity index is 1.51. The number of sulfone groups is 1. The second-order valence-electron chi connectivity index (χ2n) is 6.41. The van der Waals surface area contributed by atoms with Crippen molar-refractivity contribution in [1.29, 1.82) is 0 Å². The molecule has 3 aromatic rings. The molecule has 1 heterocycles. The van der Waals surface area contributed by atoms with Gasteiger partial charge in [-0.3, -0.25) is 4.79 Å². The zero-order chi connectivity index (χ0) is 21.6. The van der Waals surface area contributed by atoms with Gasteiger partial charge in [0.05, 0.1) is 30.6 Å². The summed E-state index contributed by atoms with van der Waals surface area (Å²) in [4.78, 5) is 16.8. The number of carbonyl (C=O) groups is 1. The van der Waals surface area contributed by atoms with E-state index < -0.39 is 9.84 Å². The van der Waals surface area contributed by atoms with Gasteiger partial charge in [0.25, 0.3) is 0 Å². The van der Waals surface area contributed by atoms with E-state index in [0.29, 0.717) is 10.9 Å². The predicted molar refractivity (Wildman–Crippen MR) is 117 cm³/mol. The molecule has 30 heavy (non-hydrogen) atoms. The summed E-state index contributed by atoms with van der Waals surface area (Å²) in [5.74, 6) is 0.968. The van der Waals surface area contributed by atoms with Crippen LogP contribution in [0.25, 0.3) is 11.3 Å². The number of hydrogen-bond acceptors (Lipinski definition) is 7. The highest BCUT2D eigenvalue weighted by Gasteiger charge is 2.16. The Bertz CT molecular complexity index is 1090. The molecule has 2 aromatic carbocycles. The molecule has 1 aromatic heterocycles. The van der Waals surface area contributed by atoms with Crippen LogP contribution < -0.4 is 14.8 Å². The first kappa shape index (κ1) is 21.8. The third kappa shape index (κ3) is 5.58. The number of methoxy groups -OCH3 is 2. The predicted octanol–water partition coefficient (Wildman–Crippen LogP) is 4.02. The number of nitrogens with zero attached hydrogens (tertiary/aromatic N) is 1. The van der Waals surface area contributed by atoms with Crippen LogP contribution in [0.2, 0.25) is 0 Å². The molecule has 0 aliphatic heterocycles. The van der Waals surface area contributed by atoms with Gasteiger partial charge in [-0.1, -0.05) is 0 Å². The van der Waals surface area contributed by atoms with Crippen molar-refractivity contribution in [1.82, 2.24) is 4.98 Å². The number of rotatable bonds is 9. The van der Waals surface area contributed by atoms with Gasteiger partial charge in [0.2, 0.25) is 5.91 Å². The normalized spacial score (nSPS) is 11.1. The van der Waals surface area contributed by atoms with Crippen LogP contribution in [0, 0.1) is 0 Å². The molecule has 158 valence electrons. The molecule has 1 amide bonds. The lowest BCUT2D eigenvalue weighted by Crippen LogP contribution is -2.14. The number of carbonyl (C=O) groups excluding carboxylic acids is 1. The van der Waals surface area contributed by atoms with Gasteiger partial charge in [-0.2, -0.15) is 0 Å². The molecular formula is C21H22N2O5S2. The lowest BCUT2D eigenvalue weighted by Gasteiger charge is -2.06. The van der Waals surface area contributed by atoms with Crippen molar-refractivity contribution in [3.05, 3.63) is 53.9 Å². The summed E-state index contributed by atoms with van der Waals surface area (Å²) >= 11 is 1.32. The summed E-state index contributed by atoms with van der Waals surface area (Å²) in [7, 11) is -0.327. The number of thiazole rings is 1. The van der Waals surface area contributed by atoms with Crippen molar-refractivity contribution < 1.29 is 22.7 Å². The number of ether oxygens (including phenoxy) is 2. The Hall–Kier alpha value is -2.91. The van der Waals surface area contributed by atoms with Gasteiger partial charge >= 0.3 is 0 Å². The van der Waals surface area contributed by atoms with Crippen molar-refractivity contribution in [2.45, 2.75) is 17.7 Å². The van der Waals surface area contributed by atoms with Gasteiger partial charge in [-0.05, 0) is 55.0 Å². The highest BCUT2D eigenvalue weighted by molar-refractivity contribution is 7.91. The molecule has 0 bridgehead atoms. The van der Waals surface area contributed by atoms with Gasteiger partial charge in [-0.15, -0.1) is 11.3 Å². The Labute approximate surface area is 179 Å². The minimum atomic E-state index is -3.45. The molecule has 0 aliphatic carbocycles. The van der Waals surface area contributed by atoms with Crippen molar-refractivity contribution >= 4 is 32.2 Å². The molecule has 0 spiro atoms. The maximum Gasteiger partial charge on any atom is 0.226 e. The topological polar surface area (TPSA) is 94.6 Å². The quantitative estimate of drug-likeness (QED) is 0.533. The molecule has 0 aliphatic rings. The SMILES string of the molecule is COc1ccc(-c2csc(NC(=O)CCCS(=O)(=O)c3ccc(OC)cc3)n2)cc1. The number of aromatic nitrogens is 1. The maximum absolute atomic E-state index is 12.4. The molecule has 0 atom stereocenters. The second kappa shape index (κ2) is 9.73. The van der Waals surface area contributed by atoms with Crippen LogP contribution in [0.3, 0.4) is 0 Å². The average molecular weight is 447 g/mol. The lowest BCUT2D eigenvalue weighted by molar-refractivity contribution is -0.116. The van der Waals surface area contributed by atoms with Gasteiger partial charge < -0.3 is 14.8 Å². The average Bonchev–Trinajstić information content (AvgIpc) is 3.22. The number of nitrogens with one attached hydrogen (secondary N) is 1. The van der Waals surface area contributed by atoms with Gasteiger partial charge in [0.1, 0.15) is 11.5 Å². The number of hydrogen-bond donors (Lipinski definition) is 1. The molecule has 0 saturated carbocycles. The van der Waals surface area contributed by atoms with E-state index in [1.54, 1.807) is 19.2 Å². The Morgan fingerprint density at radius 3 is 2.20 bits per heavy atom. The zero-order valence-corrected chi connectivity index (χ0v) is 18.3. The van der Waals surface area contributed by atoms with Gasteiger partial charge in [-0.25, -0.2) is 13.4 Å². The first-order valence-corrected chi connectivity index (χ1v) is 11.7. The van der Waals surface area contributed by atoms with Crippen LogP contribution in [-0.4, -0.2) is 39.3 Å². The molecule has 0 saturated heterocycles. The van der Waals surface area contributed by atoms with Crippen molar-refractivity contribution in [3.63, 3.8) is 0 Å². The minimum Gasteiger partial charge on any atom is -0.497 e. The van der Waals surface area contributed by atoms with E-state index in [0.717, 1.165) is 17.0 Å². The van der Waals surface area contributed by atoms with Crippen molar-refractivity contribution in [2.75, 3.05) is 25.3 Å². The number of anilines is 1. The largest absolute Gasteiger partial charge is 0.497 e. The van der Waals surface area contributed by atoms with Crippen molar-refractivity contribution in [2.24, 2.45) is 0 Å². The Morgan fingerprint density at radius 2 is 1.60 bits per heavy atom. The third-order valence-electron chi connectivity index (χ3n) is 4.37. The highest BCUT2D eigenvalue weighted by Crippen LogP contribution is 2.26. The zero-order valence-electron chi connectivity index (χ0n) is 16.6. The first-order valence-electron chi connectivity index (χ1n) is 9.18. The smallest absolute Gasteiger partial charge is 0.226 e. The molecule has 9 heteroatoms. The van der Waals surface area contributed by atoms with E-state index in [1.807, 2.05) is 29.6 Å². The van der Waals surface area contributed by atoms with Crippen LogP contribution in [0.4, 0.5) is 5.13 Å². The number of benzene rings is 2. The van der Waals surface area contributed by atoms with E-state index in [2.05, 4.69) is 10.3 Å². The van der Waals surface area contributed by atoms with Crippen LogP contribution in [0.15, 0.2) is 58.8 Å². The summed E-state index contributed by atoms with van der Waals surface area (Å²) < 4.78 is 34.9. The lowest BCUT2D eigenvalue weighted by atomic mass is 10.2. The van der Waals surface area contributed by atoms with E-state index in [1.165, 1.54) is 30.6 Å². The third-order valence-corrected chi connectivity index (χ3v) is 6.95. The number of amides is 1. The molecule has 0 fully saturated rings. The fourth-order valence-corrected chi connectivity index (χ4v) is 4.78. The van der Waals surface area contributed by atoms with Gasteiger partial charge in [0.15, 0.2) is 15.0 Å². The minimum absolute atomic E-state index is 0.0901. The van der Waals surface area contributed by atoms with E-state index in [-0.39, 0.29) is 29.4 Å². The maximum atomic E-state index is 12.4. The summed E-state index contributed by atoms with van der Waals surface area (Å²) in [5.41, 5.74) is 1.66. The van der Waals surface area contributed by atoms with E-state index in [4.69, 9.17) is 9.47 Å². The van der Waals surface area contributed by atoms with Crippen molar-refractivity contribution in [3.8, 4) is 22.8 Å². The molecule has 0 radical (unpaired) electrons. The second-order valence-corrected chi connectivity index (χ2v) is 9.38. The van der Waals surface area contributed by atoms with E-state index in [9.17, 15) is 13.2 Å². The molecule has 1 N–H and O–H groups in total. The monoisotopic (exact) mass is 446 g/mol. The summed E-state index contributed by atoms with van der Waals surface area (Å²) in [6.07, 6.45) is 0.309. The molecule has 7 nitrogen and oxygen atoms in total. The van der Waals surface area contributed by atoms with Crippen LogP contribution in [0.1, 0.15) is 12.8 Å². The fraction of sp³-hybridized carbons (Fsp3) is 0.238. The summed E-state index contributed by atoms with van der Waals surface area (Å²) in [6.45, 7) is 0. The summed E-state index contributed by atoms with van der Waals surface area (Å²) in [5, 5.41) is 5.06. The fourth-order valence-electron chi connectivity index (χ4n) is 2.73.